The number of aromatic hydroxyl groups is 1. The van der Waals surface area contributed by atoms with Crippen molar-refractivity contribution in [2.75, 3.05) is 7.11 Å². The number of aryl methyl sites for hydroxylation is 1. The van der Waals surface area contributed by atoms with Crippen LogP contribution in [0.15, 0.2) is 12.1 Å². The quantitative estimate of drug-likeness (QED) is 0.575. The minimum atomic E-state index is -2.14. The molecule has 1 aliphatic heterocycles. The van der Waals surface area contributed by atoms with Gasteiger partial charge in [-0.15, -0.1) is 0 Å². The molecule has 2 rings (SSSR count). The Kier molecular flexibility index (Phi) is 6.88. The third-order valence-corrected chi connectivity index (χ3v) is 4.90. The van der Waals surface area contributed by atoms with Gasteiger partial charge >= 0.3 is 5.97 Å². The maximum Gasteiger partial charge on any atom is 0.342 e. The summed E-state index contributed by atoms with van der Waals surface area (Å²) in [6.07, 6.45) is -3.31. The van der Waals surface area contributed by atoms with Gasteiger partial charge in [0.2, 0.25) is 11.6 Å². The van der Waals surface area contributed by atoms with Crippen molar-refractivity contribution in [1.82, 2.24) is 0 Å². The average Bonchev–Trinajstić information content (AvgIpc) is 2.65. The van der Waals surface area contributed by atoms with Gasteiger partial charge in [0, 0.05) is 12.5 Å². The molecule has 1 aromatic carbocycles. The van der Waals surface area contributed by atoms with Crippen LogP contribution in [0.3, 0.4) is 0 Å². The number of hydrogen-bond acceptors (Lipinski definition) is 7. The number of carbonyl (C=O) groups excluding carboxylic acids is 4. The topological polar surface area (TPSA) is 107 Å². The number of phenolic OH excluding ortho intramolecular Hbond substituents is 1. The van der Waals surface area contributed by atoms with Gasteiger partial charge in [0.05, 0.1) is 7.11 Å². The SMILES string of the molecule is COc1cc(O)c2c(c1)CCCC(=O)C(=O)C(=O)C(F)C[C@@H](C)[C@H](C)OC2=O. The summed E-state index contributed by atoms with van der Waals surface area (Å²) in [5, 5.41) is 10.3. The smallest absolute Gasteiger partial charge is 0.342 e. The van der Waals surface area contributed by atoms with Crippen LogP contribution < -0.4 is 4.74 Å². The van der Waals surface area contributed by atoms with Crippen LogP contribution in [0.2, 0.25) is 0 Å². The van der Waals surface area contributed by atoms with E-state index >= 15 is 0 Å². The van der Waals surface area contributed by atoms with Crippen LogP contribution in [0.1, 0.15) is 49.0 Å². The second-order valence-electron chi connectivity index (χ2n) is 6.94. The van der Waals surface area contributed by atoms with Crippen LogP contribution >= 0.6 is 0 Å². The molecule has 0 saturated carbocycles. The van der Waals surface area contributed by atoms with E-state index < -0.39 is 41.5 Å². The average molecular weight is 394 g/mol. The maximum absolute atomic E-state index is 14.2. The number of ether oxygens (including phenoxy) is 2. The second-order valence-corrected chi connectivity index (χ2v) is 6.94. The number of cyclic esters (lactones) is 1. The van der Waals surface area contributed by atoms with Crippen molar-refractivity contribution < 1.29 is 38.1 Å². The van der Waals surface area contributed by atoms with Crippen molar-refractivity contribution in [2.24, 2.45) is 5.92 Å². The lowest BCUT2D eigenvalue weighted by Crippen LogP contribution is -2.34. The molecular weight excluding hydrogens is 371 g/mol. The summed E-state index contributed by atoms with van der Waals surface area (Å²) in [7, 11) is 1.40. The third-order valence-electron chi connectivity index (χ3n) is 4.90. The normalized spacial score (nSPS) is 24.9. The van der Waals surface area contributed by atoms with E-state index in [-0.39, 0.29) is 37.0 Å². The summed E-state index contributed by atoms with van der Waals surface area (Å²) < 4.78 is 24.6. The number of ketones is 3. The maximum atomic E-state index is 14.2. The molecule has 1 N–H and O–H groups in total. The third kappa shape index (κ3) is 4.74. The van der Waals surface area contributed by atoms with Crippen molar-refractivity contribution in [2.45, 2.75) is 51.8 Å². The Balaban J connectivity index is 2.43. The molecule has 1 aliphatic rings. The van der Waals surface area contributed by atoms with Crippen LogP contribution in [0.25, 0.3) is 0 Å². The van der Waals surface area contributed by atoms with Gasteiger partial charge in [-0.2, -0.15) is 0 Å². The summed E-state index contributed by atoms with van der Waals surface area (Å²) in [4.78, 5) is 48.3. The fraction of sp³-hybridized carbons (Fsp3) is 0.500. The van der Waals surface area contributed by atoms with E-state index in [2.05, 4.69) is 0 Å². The van der Waals surface area contributed by atoms with Crippen molar-refractivity contribution >= 4 is 23.3 Å². The van der Waals surface area contributed by atoms with Crippen molar-refractivity contribution in [3.05, 3.63) is 23.3 Å². The minimum absolute atomic E-state index is 0.0661. The van der Waals surface area contributed by atoms with Crippen LogP contribution in [0, 0.1) is 5.92 Å². The fourth-order valence-corrected chi connectivity index (χ4v) is 3.01. The molecule has 0 saturated heterocycles. The number of fused-ring (bicyclic) bond motifs is 1. The first-order valence-corrected chi connectivity index (χ1v) is 9.02. The molecule has 1 aromatic rings. The monoisotopic (exact) mass is 394 g/mol. The van der Waals surface area contributed by atoms with Crippen molar-refractivity contribution in [1.29, 1.82) is 0 Å². The second kappa shape index (κ2) is 8.95. The van der Waals surface area contributed by atoms with Crippen LogP contribution in [-0.2, 0) is 25.5 Å². The molecule has 1 heterocycles. The molecule has 152 valence electrons. The lowest BCUT2D eigenvalue weighted by atomic mass is 9.93. The highest BCUT2D eigenvalue weighted by molar-refractivity contribution is 6.64. The Bertz CT molecular complexity index is 802. The summed E-state index contributed by atoms with van der Waals surface area (Å²) in [6.45, 7) is 3.09. The zero-order valence-electron chi connectivity index (χ0n) is 16.0. The van der Waals surface area contributed by atoms with Gasteiger partial charge in [-0.1, -0.05) is 6.92 Å². The number of benzene rings is 1. The molecule has 0 fully saturated rings. The first-order chi connectivity index (χ1) is 13.1. The number of carbonyl (C=O) groups is 4. The van der Waals surface area contributed by atoms with E-state index in [9.17, 15) is 28.7 Å². The van der Waals surface area contributed by atoms with Crippen LogP contribution in [0.4, 0.5) is 4.39 Å². The van der Waals surface area contributed by atoms with Gasteiger partial charge in [-0.05, 0) is 43.7 Å². The molecular formula is C20H23FO7. The zero-order chi connectivity index (χ0) is 21.0. The number of rotatable bonds is 1. The van der Waals surface area contributed by atoms with Gasteiger partial charge in [-0.25, -0.2) is 9.18 Å². The molecule has 28 heavy (non-hydrogen) atoms. The first kappa shape index (κ1) is 21.5. The molecule has 0 spiro atoms. The Hall–Kier alpha value is -2.77. The Morgan fingerprint density at radius 1 is 1.14 bits per heavy atom. The summed E-state index contributed by atoms with van der Waals surface area (Å²) in [5.41, 5.74) is 0.317. The number of methoxy groups -OCH3 is 1. The van der Waals surface area contributed by atoms with E-state index in [0.717, 1.165) is 0 Å². The molecule has 0 radical (unpaired) electrons. The van der Waals surface area contributed by atoms with E-state index in [1.807, 2.05) is 0 Å². The molecule has 3 atom stereocenters. The number of hydrogen-bond donors (Lipinski definition) is 1. The molecule has 0 aliphatic carbocycles. The zero-order valence-corrected chi connectivity index (χ0v) is 16.0. The highest BCUT2D eigenvalue weighted by Crippen LogP contribution is 2.31. The van der Waals surface area contributed by atoms with E-state index in [0.29, 0.717) is 11.3 Å². The lowest BCUT2D eigenvalue weighted by molar-refractivity contribution is -0.146. The highest BCUT2D eigenvalue weighted by atomic mass is 19.1. The minimum Gasteiger partial charge on any atom is -0.507 e. The molecule has 0 aromatic heterocycles. The highest BCUT2D eigenvalue weighted by Gasteiger charge is 2.33. The number of phenols is 1. The molecule has 0 bridgehead atoms. The van der Waals surface area contributed by atoms with E-state index in [1.165, 1.54) is 26.2 Å². The predicted molar refractivity (Wildman–Crippen MR) is 96.2 cm³/mol. The molecule has 0 amide bonds. The number of Topliss-reactive ketones (excluding diaryl/α,β-unsaturated/α-hetero) is 3. The van der Waals surface area contributed by atoms with E-state index in [4.69, 9.17) is 9.47 Å². The van der Waals surface area contributed by atoms with Gasteiger partial charge in [0.15, 0.2) is 6.17 Å². The molecule has 1 unspecified atom stereocenters. The van der Waals surface area contributed by atoms with Gasteiger partial charge in [-0.3, -0.25) is 14.4 Å². The van der Waals surface area contributed by atoms with Gasteiger partial charge in [0.25, 0.3) is 5.78 Å². The Labute approximate surface area is 161 Å². The van der Waals surface area contributed by atoms with Crippen LogP contribution in [-0.4, -0.2) is 47.8 Å². The fourth-order valence-electron chi connectivity index (χ4n) is 3.01. The number of esters is 1. The predicted octanol–water partition coefficient (Wildman–Crippen LogP) is 2.35. The van der Waals surface area contributed by atoms with Gasteiger partial charge < -0.3 is 14.6 Å². The molecule has 8 heteroatoms. The lowest BCUT2D eigenvalue weighted by Gasteiger charge is -2.23. The number of halogens is 1. The summed E-state index contributed by atoms with van der Waals surface area (Å²) in [6, 6.07) is 2.80. The van der Waals surface area contributed by atoms with Crippen molar-refractivity contribution in [3.8, 4) is 11.5 Å². The summed E-state index contributed by atoms with van der Waals surface area (Å²) >= 11 is 0. The van der Waals surface area contributed by atoms with Crippen molar-refractivity contribution in [3.63, 3.8) is 0 Å². The van der Waals surface area contributed by atoms with Gasteiger partial charge in [0.1, 0.15) is 23.2 Å². The largest absolute Gasteiger partial charge is 0.507 e. The first-order valence-electron chi connectivity index (χ1n) is 9.02. The molecule has 7 nitrogen and oxygen atoms in total. The summed E-state index contributed by atoms with van der Waals surface area (Å²) in [5.74, 6) is -5.12. The Morgan fingerprint density at radius 2 is 1.82 bits per heavy atom. The Morgan fingerprint density at radius 3 is 2.46 bits per heavy atom. The number of alkyl halides is 1. The van der Waals surface area contributed by atoms with E-state index in [1.54, 1.807) is 6.92 Å². The van der Waals surface area contributed by atoms with Crippen LogP contribution in [0.5, 0.6) is 11.5 Å². The standard InChI is InChI=1S/C20H23FO7/c1-10-7-14(21)18(24)19(25)15(22)6-4-5-12-8-13(27-3)9-16(23)17(12)20(26)28-11(10)2/h8-11,14,23H,4-7H2,1-3H3/t10-,11+,14?/m1/s1.